The number of nitrogens with zero attached hydrogens (tertiary/aromatic N) is 2. The van der Waals surface area contributed by atoms with Gasteiger partial charge in [-0.3, -0.25) is 9.59 Å². The highest BCUT2D eigenvalue weighted by molar-refractivity contribution is 6.06. The van der Waals surface area contributed by atoms with Crippen LogP contribution in [-0.4, -0.2) is 28.1 Å². The van der Waals surface area contributed by atoms with Crippen LogP contribution in [0.25, 0.3) is 0 Å². The maximum Gasteiger partial charge on any atom is 0.254 e. The summed E-state index contributed by atoms with van der Waals surface area (Å²) in [6, 6.07) is 6.69. The Bertz CT molecular complexity index is 678. The fourth-order valence-electron chi connectivity index (χ4n) is 3.89. The third kappa shape index (κ3) is 1.81. The molecular weight excluding hydrogens is 280 g/mol. The summed E-state index contributed by atoms with van der Waals surface area (Å²) in [6.07, 6.45) is 7.47. The van der Waals surface area contributed by atoms with Gasteiger partial charge in [-0.2, -0.15) is 10.1 Å². The summed E-state index contributed by atoms with van der Waals surface area (Å²) in [5.41, 5.74) is 0.485. The number of benzene rings is 1. The van der Waals surface area contributed by atoms with Gasteiger partial charge in [0, 0.05) is 5.56 Å². The SMILES string of the molecule is O=C1[C@@H]2[C@H](C(=O)N1/N=C/c1ccccc1O)[C@H]1C=C[C@@H]2CC1. The molecule has 4 aliphatic rings. The molecule has 0 radical (unpaired) electrons. The molecule has 4 atom stereocenters. The molecule has 0 spiro atoms. The summed E-state index contributed by atoms with van der Waals surface area (Å²) in [5, 5.41) is 14.8. The van der Waals surface area contributed by atoms with Gasteiger partial charge >= 0.3 is 0 Å². The van der Waals surface area contributed by atoms with Crippen molar-refractivity contribution in [2.75, 3.05) is 0 Å². The van der Waals surface area contributed by atoms with Crippen LogP contribution in [0.2, 0.25) is 0 Å². The molecule has 2 amide bonds. The molecule has 1 N–H and O–H groups in total. The molecule has 1 aromatic rings. The number of carbonyl (C=O) groups excluding carboxylic acids is 2. The van der Waals surface area contributed by atoms with E-state index in [1.165, 1.54) is 6.21 Å². The first-order valence-corrected chi connectivity index (χ1v) is 7.55. The number of hydrogen-bond donors (Lipinski definition) is 1. The van der Waals surface area contributed by atoms with Crippen molar-refractivity contribution in [3.8, 4) is 5.75 Å². The predicted octanol–water partition coefficient (Wildman–Crippen LogP) is 1.92. The normalized spacial score (nSPS) is 33.0. The third-order valence-corrected chi connectivity index (χ3v) is 4.99. The van der Waals surface area contributed by atoms with Crippen molar-refractivity contribution in [2.45, 2.75) is 12.8 Å². The van der Waals surface area contributed by atoms with Crippen LogP contribution in [0, 0.1) is 23.7 Å². The van der Waals surface area contributed by atoms with E-state index < -0.39 is 0 Å². The largest absolute Gasteiger partial charge is 0.507 e. The van der Waals surface area contributed by atoms with Gasteiger partial charge in [0.25, 0.3) is 11.8 Å². The Morgan fingerprint density at radius 2 is 1.64 bits per heavy atom. The van der Waals surface area contributed by atoms with Crippen LogP contribution in [0.1, 0.15) is 18.4 Å². The molecule has 2 fully saturated rings. The predicted molar refractivity (Wildman–Crippen MR) is 79.9 cm³/mol. The maximum absolute atomic E-state index is 12.5. The second-order valence-electron chi connectivity index (χ2n) is 6.13. The van der Waals surface area contributed by atoms with Crippen molar-refractivity contribution in [2.24, 2.45) is 28.8 Å². The van der Waals surface area contributed by atoms with E-state index >= 15 is 0 Å². The molecule has 3 aliphatic carbocycles. The molecule has 22 heavy (non-hydrogen) atoms. The number of phenolic OH excluding ortho intramolecular Hbond substituents is 1. The highest BCUT2D eigenvalue weighted by Crippen LogP contribution is 2.49. The lowest BCUT2D eigenvalue weighted by Crippen LogP contribution is -2.38. The van der Waals surface area contributed by atoms with Gasteiger partial charge in [-0.15, -0.1) is 0 Å². The molecule has 1 aliphatic heterocycles. The molecular formula is C17H16N2O3. The van der Waals surface area contributed by atoms with Crippen LogP contribution in [-0.2, 0) is 9.59 Å². The molecule has 1 saturated carbocycles. The fourth-order valence-corrected chi connectivity index (χ4v) is 3.89. The number of fused-ring (bicyclic) bond motifs is 1. The Morgan fingerprint density at radius 1 is 1.05 bits per heavy atom. The molecule has 112 valence electrons. The number of para-hydroxylation sites is 1. The minimum absolute atomic E-state index is 0.0736. The van der Waals surface area contributed by atoms with Crippen LogP contribution in [0.4, 0.5) is 0 Å². The smallest absolute Gasteiger partial charge is 0.254 e. The summed E-state index contributed by atoms with van der Waals surface area (Å²) >= 11 is 0. The summed E-state index contributed by atoms with van der Waals surface area (Å²) in [7, 11) is 0. The van der Waals surface area contributed by atoms with Gasteiger partial charge in [0.1, 0.15) is 5.75 Å². The minimum atomic E-state index is -0.252. The zero-order valence-corrected chi connectivity index (χ0v) is 11.9. The lowest BCUT2D eigenvalue weighted by Gasteiger charge is -2.37. The number of hydrogen-bond acceptors (Lipinski definition) is 4. The van der Waals surface area contributed by atoms with E-state index in [4.69, 9.17) is 0 Å². The highest BCUT2D eigenvalue weighted by Gasteiger charge is 2.56. The summed E-state index contributed by atoms with van der Waals surface area (Å²) in [5.74, 6) is -0.518. The Balaban J connectivity index is 1.63. The number of amides is 2. The molecule has 0 unspecified atom stereocenters. The topological polar surface area (TPSA) is 70.0 Å². The first kappa shape index (κ1) is 13.2. The number of aromatic hydroxyl groups is 1. The van der Waals surface area contributed by atoms with Crippen LogP contribution in [0.5, 0.6) is 5.75 Å². The average molecular weight is 296 g/mol. The average Bonchev–Trinajstić information content (AvgIpc) is 2.82. The van der Waals surface area contributed by atoms with Gasteiger partial charge in [-0.1, -0.05) is 24.3 Å². The molecule has 5 heteroatoms. The van der Waals surface area contributed by atoms with Crippen LogP contribution >= 0.6 is 0 Å². The van der Waals surface area contributed by atoms with Crippen molar-refractivity contribution in [3.05, 3.63) is 42.0 Å². The molecule has 5 rings (SSSR count). The zero-order chi connectivity index (χ0) is 15.3. The fraction of sp³-hybridized carbons (Fsp3) is 0.353. The number of rotatable bonds is 2. The second kappa shape index (κ2) is 4.80. The van der Waals surface area contributed by atoms with Gasteiger partial charge in [0.15, 0.2) is 0 Å². The van der Waals surface area contributed by atoms with Crippen molar-refractivity contribution >= 4 is 18.0 Å². The van der Waals surface area contributed by atoms with Gasteiger partial charge in [0.05, 0.1) is 18.1 Å². The summed E-state index contributed by atoms with van der Waals surface area (Å²) < 4.78 is 0. The second-order valence-corrected chi connectivity index (χ2v) is 6.13. The molecule has 2 bridgehead atoms. The Kier molecular flexibility index (Phi) is 2.89. The molecule has 1 aromatic carbocycles. The number of hydrazone groups is 1. The Labute approximate surface area is 127 Å². The van der Waals surface area contributed by atoms with E-state index in [2.05, 4.69) is 17.3 Å². The van der Waals surface area contributed by atoms with E-state index in [9.17, 15) is 14.7 Å². The number of allylic oxidation sites excluding steroid dienone is 2. The van der Waals surface area contributed by atoms with Gasteiger partial charge < -0.3 is 5.11 Å². The number of imide groups is 1. The maximum atomic E-state index is 12.5. The van der Waals surface area contributed by atoms with Gasteiger partial charge in [-0.25, -0.2) is 0 Å². The quantitative estimate of drug-likeness (QED) is 0.515. The molecule has 1 saturated heterocycles. The zero-order valence-electron chi connectivity index (χ0n) is 11.9. The molecule has 1 heterocycles. The standard InChI is InChI=1S/C17H16N2O3/c20-13-4-2-1-3-12(13)9-18-19-16(21)14-10-5-6-11(8-7-10)15(14)17(19)22/h1-6,9-11,14-15,20H,7-8H2/b18-9+/t10-,11+,14+,15-. The van der Waals surface area contributed by atoms with Crippen LogP contribution < -0.4 is 0 Å². The van der Waals surface area contributed by atoms with E-state index in [1.54, 1.807) is 24.3 Å². The highest BCUT2D eigenvalue weighted by atomic mass is 16.3. The third-order valence-electron chi connectivity index (χ3n) is 4.99. The Hall–Kier alpha value is -2.43. The lowest BCUT2D eigenvalue weighted by atomic mass is 9.63. The van der Waals surface area contributed by atoms with Crippen LogP contribution in [0.3, 0.4) is 0 Å². The monoisotopic (exact) mass is 296 g/mol. The van der Waals surface area contributed by atoms with Crippen molar-refractivity contribution in [1.82, 2.24) is 5.01 Å². The summed E-state index contributed by atoms with van der Waals surface area (Å²) in [4.78, 5) is 25.1. The van der Waals surface area contributed by atoms with Crippen molar-refractivity contribution < 1.29 is 14.7 Å². The Morgan fingerprint density at radius 3 is 2.18 bits per heavy atom. The first-order chi connectivity index (χ1) is 10.7. The van der Waals surface area contributed by atoms with Gasteiger partial charge in [0.2, 0.25) is 0 Å². The summed E-state index contributed by atoms with van der Waals surface area (Å²) in [6.45, 7) is 0. The lowest BCUT2D eigenvalue weighted by molar-refractivity contribution is -0.140. The van der Waals surface area contributed by atoms with Crippen molar-refractivity contribution in [3.63, 3.8) is 0 Å². The molecule has 5 nitrogen and oxygen atoms in total. The number of carbonyl (C=O) groups is 2. The van der Waals surface area contributed by atoms with Crippen LogP contribution in [0.15, 0.2) is 41.5 Å². The first-order valence-electron chi connectivity index (χ1n) is 7.55. The van der Waals surface area contributed by atoms with Crippen molar-refractivity contribution in [1.29, 1.82) is 0 Å². The van der Waals surface area contributed by atoms with E-state index in [0.29, 0.717) is 5.56 Å². The minimum Gasteiger partial charge on any atom is -0.507 e. The van der Waals surface area contributed by atoms with E-state index in [0.717, 1.165) is 17.9 Å². The van der Waals surface area contributed by atoms with E-state index in [-0.39, 0.29) is 41.2 Å². The molecule has 0 aromatic heterocycles. The number of phenols is 1. The van der Waals surface area contributed by atoms with E-state index in [1.807, 2.05) is 0 Å². The van der Waals surface area contributed by atoms with Gasteiger partial charge in [-0.05, 0) is 36.8 Å².